The number of allylic oxidation sites excluding steroid dienone is 1. The lowest BCUT2D eigenvalue weighted by Crippen LogP contribution is -2.52. The summed E-state index contributed by atoms with van der Waals surface area (Å²) in [5.74, 6) is -1.11. The molecule has 10 nitrogen and oxygen atoms in total. The predicted molar refractivity (Wildman–Crippen MR) is 150 cm³/mol. The van der Waals surface area contributed by atoms with Crippen LogP contribution in [0.4, 0.5) is 9.59 Å². The highest BCUT2D eigenvalue weighted by atomic mass is 35.6. The Morgan fingerprint density at radius 1 is 1.11 bits per heavy atom. The first kappa shape index (κ1) is 34.3. The van der Waals surface area contributed by atoms with E-state index in [2.05, 4.69) is 36.9 Å². The first-order valence-corrected chi connectivity index (χ1v) is 17.4. The fourth-order valence-electron chi connectivity index (χ4n) is 3.80. The molecule has 1 aliphatic rings. The molecule has 0 aliphatic carbocycles. The van der Waals surface area contributed by atoms with Crippen molar-refractivity contribution in [3.8, 4) is 0 Å². The molecule has 218 valence electrons. The number of hydrogen-bond acceptors (Lipinski definition) is 7. The SMILES string of the molecule is C=CCCCCC[C@H](NC(=O)OCC[Si](C)(C)C)C(=O)N1C[C@H](NC(=O)OCC(Cl)(Cl)Cl)C[C@H]1C(=O)OC. The van der Waals surface area contributed by atoms with E-state index in [4.69, 9.17) is 49.0 Å². The summed E-state index contributed by atoms with van der Waals surface area (Å²) >= 11 is 16.8. The third kappa shape index (κ3) is 13.9. The number of likely N-dealkylation sites (tertiary alicyclic amines) is 1. The van der Waals surface area contributed by atoms with Gasteiger partial charge in [0.05, 0.1) is 19.8 Å². The minimum absolute atomic E-state index is 0.000778. The van der Waals surface area contributed by atoms with E-state index in [1.165, 1.54) is 12.0 Å². The molecule has 1 rings (SSSR count). The normalized spacial score (nSPS) is 18.3. The van der Waals surface area contributed by atoms with Gasteiger partial charge >= 0.3 is 18.2 Å². The highest BCUT2D eigenvalue weighted by Gasteiger charge is 2.43. The summed E-state index contributed by atoms with van der Waals surface area (Å²) in [7, 11) is -0.197. The quantitative estimate of drug-likeness (QED) is 0.0718. The molecule has 0 unspecified atom stereocenters. The van der Waals surface area contributed by atoms with Crippen molar-refractivity contribution < 1.29 is 33.4 Å². The van der Waals surface area contributed by atoms with Crippen LogP contribution in [0.25, 0.3) is 0 Å². The van der Waals surface area contributed by atoms with E-state index in [1.807, 2.05) is 6.08 Å². The molecule has 0 bridgehead atoms. The average Bonchev–Trinajstić information content (AvgIpc) is 3.23. The zero-order valence-electron chi connectivity index (χ0n) is 22.5. The van der Waals surface area contributed by atoms with Crippen LogP contribution in [0.1, 0.15) is 38.5 Å². The summed E-state index contributed by atoms with van der Waals surface area (Å²) in [6.45, 7) is 10.0. The van der Waals surface area contributed by atoms with Crippen LogP contribution < -0.4 is 10.6 Å². The van der Waals surface area contributed by atoms with Crippen molar-refractivity contribution in [1.82, 2.24) is 15.5 Å². The lowest BCUT2D eigenvalue weighted by atomic mass is 10.1. The van der Waals surface area contributed by atoms with Crippen LogP contribution in [0, 0.1) is 0 Å². The summed E-state index contributed by atoms with van der Waals surface area (Å²) in [6, 6.07) is -1.71. The molecule has 0 aromatic heterocycles. The van der Waals surface area contributed by atoms with Crippen LogP contribution >= 0.6 is 34.8 Å². The largest absolute Gasteiger partial charge is 0.467 e. The van der Waals surface area contributed by atoms with Gasteiger partial charge < -0.3 is 29.7 Å². The molecule has 0 aromatic rings. The van der Waals surface area contributed by atoms with Gasteiger partial charge in [-0.05, 0) is 25.3 Å². The Labute approximate surface area is 241 Å². The maximum Gasteiger partial charge on any atom is 0.407 e. The standard InChI is InChI=1S/C24H40Cl3N3O7Si/c1-6-7-8-9-10-11-18(29-23(34)36-12-13-38(3,4)5)20(31)30-15-17(14-19(30)21(32)35-2)28-22(33)37-16-24(25,26)27/h6,17-19H,1,7-16H2,2-5H3,(H,28,33)(H,29,34)/t17-,18+,19+/m1/s1. The zero-order chi connectivity index (χ0) is 28.9. The lowest BCUT2D eigenvalue weighted by Gasteiger charge is -2.28. The molecule has 1 heterocycles. The number of nitrogens with zero attached hydrogens (tertiary/aromatic N) is 1. The van der Waals surface area contributed by atoms with Gasteiger partial charge in [0.15, 0.2) is 0 Å². The molecule has 3 amide bonds. The molecule has 2 N–H and O–H groups in total. The molecule has 0 aromatic carbocycles. The first-order valence-electron chi connectivity index (χ1n) is 12.6. The highest BCUT2D eigenvalue weighted by molar-refractivity contribution is 6.76. The van der Waals surface area contributed by atoms with Gasteiger partial charge in [0.25, 0.3) is 0 Å². The molecule has 3 atom stereocenters. The van der Waals surface area contributed by atoms with Crippen molar-refractivity contribution in [2.24, 2.45) is 0 Å². The summed E-state index contributed by atoms with van der Waals surface area (Å²) in [6.07, 6.45) is 3.98. The lowest BCUT2D eigenvalue weighted by molar-refractivity contribution is -0.151. The molecule has 1 saturated heterocycles. The van der Waals surface area contributed by atoms with Gasteiger partial charge in [-0.15, -0.1) is 6.58 Å². The third-order valence-corrected chi connectivity index (χ3v) is 7.85. The zero-order valence-corrected chi connectivity index (χ0v) is 25.8. The van der Waals surface area contributed by atoms with Crippen LogP contribution in [0.3, 0.4) is 0 Å². The Bertz CT molecular complexity index is 821. The number of amides is 3. The van der Waals surface area contributed by atoms with Crippen LogP contribution in [0.5, 0.6) is 0 Å². The first-order chi connectivity index (χ1) is 17.7. The smallest absolute Gasteiger partial charge is 0.407 e. The number of nitrogens with one attached hydrogen (secondary N) is 2. The van der Waals surface area contributed by atoms with Crippen LogP contribution in [0.2, 0.25) is 25.7 Å². The van der Waals surface area contributed by atoms with E-state index in [1.54, 1.807) is 0 Å². The molecule has 38 heavy (non-hydrogen) atoms. The van der Waals surface area contributed by atoms with Gasteiger partial charge in [-0.2, -0.15) is 0 Å². The number of halogens is 3. The number of hydrogen-bond donors (Lipinski definition) is 2. The summed E-state index contributed by atoms with van der Waals surface area (Å²) < 4.78 is 13.3. The van der Waals surface area contributed by atoms with Crippen molar-refractivity contribution >= 4 is 66.9 Å². The highest BCUT2D eigenvalue weighted by Crippen LogP contribution is 2.26. The van der Waals surface area contributed by atoms with Gasteiger partial charge in [0.2, 0.25) is 9.70 Å². The monoisotopic (exact) mass is 615 g/mol. The van der Waals surface area contributed by atoms with E-state index in [9.17, 15) is 19.2 Å². The van der Waals surface area contributed by atoms with E-state index in [0.29, 0.717) is 12.8 Å². The second-order valence-corrected chi connectivity index (χ2v) is 18.5. The Hall–Kier alpha value is -1.69. The van der Waals surface area contributed by atoms with Gasteiger partial charge in [0, 0.05) is 21.0 Å². The third-order valence-electron chi connectivity index (χ3n) is 5.82. The van der Waals surface area contributed by atoms with Crippen molar-refractivity contribution in [2.45, 2.75) is 86.1 Å². The number of alkyl carbamates (subject to hydrolysis) is 2. The summed E-state index contributed by atoms with van der Waals surface area (Å²) in [4.78, 5) is 52.1. The van der Waals surface area contributed by atoms with Crippen LogP contribution in [-0.2, 0) is 23.8 Å². The maximum atomic E-state index is 13.6. The molecular formula is C24H40Cl3N3O7Si. The number of rotatable bonds is 14. The number of carbonyl (C=O) groups excluding carboxylic acids is 4. The van der Waals surface area contributed by atoms with E-state index in [0.717, 1.165) is 25.3 Å². The Balaban J connectivity index is 2.93. The number of ether oxygens (including phenoxy) is 3. The fraction of sp³-hybridized carbons (Fsp3) is 0.750. The summed E-state index contributed by atoms with van der Waals surface area (Å²) in [5.41, 5.74) is 0. The minimum Gasteiger partial charge on any atom is -0.467 e. The number of unbranched alkanes of at least 4 members (excludes halogenated alkanes) is 3. The van der Waals surface area contributed by atoms with Crippen LogP contribution in [0.15, 0.2) is 12.7 Å². The Kier molecular flexibility index (Phi) is 14.8. The number of methoxy groups -OCH3 is 1. The maximum absolute atomic E-state index is 13.6. The molecule has 0 radical (unpaired) electrons. The summed E-state index contributed by atoms with van der Waals surface area (Å²) in [5, 5.41) is 5.25. The number of alkyl halides is 3. The van der Waals surface area contributed by atoms with Crippen molar-refractivity contribution in [3.05, 3.63) is 12.7 Å². The molecule has 0 saturated carbocycles. The van der Waals surface area contributed by atoms with Gasteiger partial charge in [0.1, 0.15) is 18.7 Å². The average molecular weight is 617 g/mol. The van der Waals surface area contributed by atoms with Crippen molar-refractivity contribution in [2.75, 3.05) is 26.9 Å². The topological polar surface area (TPSA) is 123 Å². The van der Waals surface area contributed by atoms with E-state index < -0.39 is 60.7 Å². The van der Waals surface area contributed by atoms with Crippen molar-refractivity contribution in [1.29, 1.82) is 0 Å². The number of carbonyl (C=O) groups is 4. The fourth-order valence-corrected chi connectivity index (χ4v) is 4.68. The van der Waals surface area contributed by atoms with Gasteiger partial charge in [-0.25, -0.2) is 14.4 Å². The minimum atomic E-state index is -1.78. The van der Waals surface area contributed by atoms with Gasteiger partial charge in [-0.3, -0.25) is 4.79 Å². The number of esters is 1. The second kappa shape index (κ2) is 16.4. The Morgan fingerprint density at radius 3 is 2.37 bits per heavy atom. The second-order valence-electron chi connectivity index (χ2n) is 10.4. The predicted octanol–water partition coefficient (Wildman–Crippen LogP) is 4.79. The molecule has 1 aliphatic heterocycles. The molecule has 1 fully saturated rings. The van der Waals surface area contributed by atoms with Crippen molar-refractivity contribution in [3.63, 3.8) is 0 Å². The molecule has 14 heteroatoms. The Morgan fingerprint density at radius 2 is 1.79 bits per heavy atom. The molecule has 0 spiro atoms. The van der Waals surface area contributed by atoms with Crippen LogP contribution in [-0.4, -0.2) is 85.8 Å². The van der Waals surface area contributed by atoms with Gasteiger partial charge in [-0.1, -0.05) is 73.4 Å². The van der Waals surface area contributed by atoms with E-state index >= 15 is 0 Å². The molecular weight excluding hydrogens is 577 g/mol. The van der Waals surface area contributed by atoms with E-state index in [-0.39, 0.29) is 19.6 Å².